The van der Waals surface area contributed by atoms with Crippen molar-refractivity contribution in [1.29, 1.82) is 0 Å². The van der Waals surface area contributed by atoms with Crippen LogP contribution in [-0.4, -0.2) is 17.1 Å². The van der Waals surface area contributed by atoms with Gasteiger partial charge >= 0.3 is 0 Å². The second-order valence-electron chi connectivity index (χ2n) is 1.85. The summed E-state index contributed by atoms with van der Waals surface area (Å²) in [5.74, 6) is 0.122. The summed E-state index contributed by atoms with van der Waals surface area (Å²) in [4.78, 5) is 4.75. The summed E-state index contributed by atoms with van der Waals surface area (Å²) in [6.07, 6.45) is 1.61. The van der Waals surface area contributed by atoms with Crippen LogP contribution in [0.25, 0.3) is 0 Å². The lowest BCUT2D eigenvalue weighted by molar-refractivity contribution is 0.0826. The van der Waals surface area contributed by atoms with E-state index in [1.54, 1.807) is 0 Å². The molecule has 0 spiro atoms. The van der Waals surface area contributed by atoms with Gasteiger partial charge in [-0.25, -0.2) is 0 Å². The highest BCUT2D eigenvalue weighted by Gasteiger charge is 2.16. The first-order valence-corrected chi connectivity index (χ1v) is 2.74. The van der Waals surface area contributed by atoms with Gasteiger partial charge in [-0.05, 0) is 6.42 Å². The van der Waals surface area contributed by atoms with Crippen molar-refractivity contribution in [2.75, 3.05) is 0 Å². The first-order chi connectivity index (χ1) is 3.83. The Morgan fingerprint density at radius 3 is 3.00 bits per heavy atom. The summed E-state index contributed by atoms with van der Waals surface area (Å²) in [6, 6.07) is 0. The molecular weight excluding hydrogens is 106 g/mol. The lowest BCUT2D eigenvalue weighted by atomic mass is 10.2. The fourth-order valence-electron chi connectivity index (χ4n) is 0.632. The number of aliphatic hydroxyl groups excluding tert-OH is 1. The second kappa shape index (κ2) is 2.03. The number of oxime groups is 1. The van der Waals surface area contributed by atoms with Crippen molar-refractivity contribution in [2.45, 2.75) is 25.9 Å². The van der Waals surface area contributed by atoms with E-state index in [1.165, 1.54) is 0 Å². The second-order valence-corrected chi connectivity index (χ2v) is 1.85. The van der Waals surface area contributed by atoms with Crippen LogP contribution < -0.4 is 0 Å². The van der Waals surface area contributed by atoms with Crippen LogP contribution in [0.15, 0.2) is 5.16 Å². The number of hydrogen-bond acceptors (Lipinski definition) is 2. The summed E-state index contributed by atoms with van der Waals surface area (Å²) in [5.41, 5.74) is 0. The Hall–Kier alpha value is -0.730. The fraction of sp³-hybridized carbons (Fsp3) is 0.800. The molecule has 0 aromatic heterocycles. The van der Waals surface area contributed by atoms with E-state index in [0.29, 0.717) is 6.42 Å². The molecule has 0 fully saturated rings. The summed E-state index contributed by atoms with van der Waals surface area (Å²) in [7, 11) is 0. The first-order valence-electron chi connectivity index (χ1n) is 2.74. The van der Waals surface area contributed by atoms with Crippen molar-refractivity contribution in [3.63, 3.8) is 0 Å². The predicted molar refractivity (Wildman–Crippen MR) is 29.8 cm³/mol. The molecule has 0 saturated carbocycles. The van der Waals surface area contributed by atoms with Crippen LogP contribution in [0.3, 0.4) is 0 Å². The molecule has 1 aliphatic rings. The average molecular weight is 115 g/mol. The highest BCUT2D eigenvalue weighted by atomic mass is 16.7. The van der Waals surface area contributed by atoms with Gasteiger partial charge in [0, 0.05) is 0 Å². The smallest absolute Gasteiger partial charge is 0.227 e. The molecule has 46 valence electrons. The maximum absolute atomic E-state index is 8.66. The molecule has 0 amide bonds. The zero-order valence-electron chi connectivity index (χ0n) is 4.79. The number of nitrogens with zero attached hydrogens (tertiary/aromatic N) is 1. The first kappa shape index (κ1) is 5.41. The quantitative estimate of drug-likeness (QED) is 0.555. The molecule has 0 saturated heterocycles. The molecule has 1 atom stereocenters. The van der Waals surface area contributed by atoms with E-state index < -0.39 is 0 Å². The van der Waals surface area contributed by atoms with Gasteiger partial charge in [0.05, 0.1) is 6.42 Å². The van der Waals surface area contributed by atoms with E-state index >= 15 is 0 Å². The summed E-state index contributed by atoms with van der Waals surface area (Å²) < 4.78 is 0. The predicted octanol–water partition coefficient (Wildman–Crippen LogP) is 1.06. The third-order valence-electron chi connectivity index (χ3n) is 1.17. The number of hydrogen-bond donors (Lipinski definition) is 1. The molecule has 0 aliphatic carbocycles. The Labute approximate surface area is 48.0 Å². The van der Waals surface area contributed by atoms with Crippen molar-refractivity contribution >= 4 is 5.90 Å². The Morgan fingerprint density at radius 2 is 2.75 bits per heavy atom. The molecule has 1 aliphatic heterocycles. The van der Waals surface area contributed by atoms with Gasteiger partial charge in [0.15, 0.2) is 0 Å². The number of rotatable bonds is 1. The molecule has 3 nitrogen and oxygen atoms in total. The molecule has 1 rings (SSSR count). The normalized spacial score (nSPS) is 27.1. The van der Waals surface area contributed by atoms with Crippen LogP contribution in [0.5, 0.6) is 0 Å². The van der Waals surface area contributed by atoms with E-state index in [4.69, 9.17) is 9.94 Å². The van der Waals surface area contributed by atoms with Gasteiger partial charge in [-0.15, -0.1) is 0 Å². The maximum Gasteiger partial charge on any atom is 0.227 e. The standard InChI is InChI=1S/C5H9NO2/c1-2-4-3-5(7)6-8-4/h4H,2-3H2,1H3,(H,6,7). The Morgan fingerprint density at radius 1 is 2.00 bits per heavy atom. The molecule has 0 radical (unpaired) electrons. The van der Waals surface area contributed by atoms with E-state index in [1.807, 2.05) is 6.92 Å². The molecule has 8 heavy (non-hydrogen) atoms. The Kier molecular flexibility index (Phi) is 1.37. The van der Waals surface area contributed by atoms with Crippen LogP contribution in [0.1, 0.15) is 19.8 Å². The zero-order valence-corrected chi connectivity index (χ0v) is 4.79. The molecule has 3 heteroatoms. The van der Waals surface area contributed by atoms with Crippen LogP contribution >= 0.6 is 0 Å². The zero-order chi connectivity index (χ0) is 5.98. The van der Waals surface area contributed by atoms with Crippen LogP contribution in [0, 0.1) is 0 Å². The largest absolute Gasteiger partial charge is 0.494 e. The van der Waals surface area contributed by atoms with Crippen molar-refractivity contribution in [2.24, 2.45) is 5.16 Å². The monoisotopic (exact) mass is 115 g/mol. The molecule has 1 unspecified atom stereocenters. The third-order valence-corrected chi connectivity index (χ3v) is 1.17. The molecule has 0 aromatic carbocycles. The molecule has 0 bridgehead atoms. The van der Waals surface area contributed by atoms with Crippen LogP contribution in [0.2, 0.25) is 0 Å². The van der Waals surface area contributed by atoms with E-state index in [9.17, 15) is 0 Å². The molecular formula is C5H9NO2. The summed E-state index contributed by atoms with van der Waals surface area (Å²) in [6.45, 7) is 2.00. The van der Waals surface area contributed by atoms with Crippen molar-refractivity contribution < 1.29 is 9.94 Å². The van der Waals surface area contributed by atoms with Gasteiger partial charge in [-0.1, -0.05) is 12.1 Å². The van der Waals surface area contributed by atoms with Crippen LogP contribution in [-0.2, 0) is 4.84 Å². The van der Waals surface area contributed by atoms with Crippen molar-refractivity contribution in [1.82, 2.24) is 0 Å². The fourth-order valence-corrected chi connectivity index (χ4v) is 0.632. The lowest BCUT2D eigenvalue weighted by Crippen LogP contribution is -2.04. The van der Waals surface area contributed by atoms with E-state index in [0.717, 1.165) is 6.42 Å². The minimum absolute atomic E-state index is 0.120. The van der Waals surface area contributed by atoms with Gasteiger partial charge in [-0.2, -0.15) is 0 Å². The molecule has 0 aromatic rings. The van der Waals surface area contributed by atoms with E-state index in [-0.39, 0.29) is 12.0 Å². The van der Waals surface area contributed by atoms with Gasteiger partial charge in [-0.3, -0.25) is 0 Å². The summed E-state index contributed by atoms with van der Waals surface area (Å²) in [5, 5.41) is 12.0. The van der Waals surface area contributed by atoms with Gasteiger partial charge < -0.3 is 9.94 Å². The topological polar surface area (TPSA) is 41.8 Å². The lowest BCUT2D eigenvalue weighted by Gasteiger charge is -1.99. The van der Waals surface area contributed by atoms with Gasteiger partial charge in [0.1, 0.15) is 6.10 Å². The molecule has 1 N–H and O–H groups in total. The Balaban J connectivity index is 2.32. The molecule has 1 heterocycles. The average Bonchev–Trinajstić information content (AvgIpc) is 2.14. The minimum atomic E-state index is 0.120. The van der Waals surface area contributed by atoms with E-state index in [2.05, 4.69) is 5.16 Å². The Bertz CT molecular complexity index is 111. The highest BCUT2D eigenvalue weighted by molar-refractivity contribution is 5.74. The highest BCUT2D eigenvalue weighted by Crippen LogP contribution is 2.10. The van der Waals surface area contributed by atoms with Crippen molar-refractivity contribution in [3.05, 3.63) is 0 Å². The van der Waals surface area contributed by atoms with Gasteiger partial charge in [0.2, 0.25) is 5.90 Å². The van der Waals surface area contributed by atoms with Crippen molar-refractivity contribution in [3.8, 4) is 0 Å². The number of aliphatic hydroxyl groups is 1. The summed E-state index contributed by atoms with van der Waals surface area (Å²) >= 11 is 0. The minimum Gasteiger partial charge on any atom is -0.494 e. The SMILES string of the molecule is CCC1CC(O)=NO1. The third kappa shape index (κ3) is 0.911. The van der Waals surface area contributed by atoms with Gasteiger partial charge in [0.25, 0.3) is 0 Å². The maximum atomic E-state index is 8.66. The van der Waals surface area contributed by atoms with Crippen LogP contribution in [0.4, 0.5) is 0 Å².